The maximum absolute atomic E-state index is 12.3. The van der Waals surface area contributed by atoms with Gasteiger partial charge >= 0.3 is 5.63 Å². The van der Waals surface area contributed by atoms with Gasteiger partial charge in [-0.3, -0.25) is 15.6 Å². The van der Waals surface area contributed by atoms with Crippen molar-refractivity contribution in [3.63, 3.8) is 0 Å². The van der Waals surface area contributed by atoms with E-state index in [0.29, 0.717) is 34.0 Å². The van der Waals surface area contributed by atoms with E-state index in [-0.39, 0.29) is 5.56 Å². The van der Waals surface area contributed by atoms with Crippen LogP contribution in [-0.4, -0.2) is 12.5 Å². The highest BCUT2D eigenvalue weighted by molar-refractivity contribution is 6.30. The van der Waals surface area contributed by atoms with Crippen LogP contribution in [0.25, 0.3) is 11.0 Å². The number of carbonyl (C=O) groups is 1. The lowest BCUT2D eigenvalue weighted by Crippen LogP contribution is -2.32. The Kier molecular flexibility index (Phi) is 4.90. The minimum absolute atomic E-state index is 0.115. The number of anilines is 1. The molecule has 3 aromatic rings. The van der Waals surface area contributed by atoms with Gasteiger partial charge in [0, 0.05) is 10.4 Å². The summed E-state index contributed by atoms with van der Waals surface area (Å²) >= 11 is 5.88. The summed E-state index contributed by atoms with van der Waals surface area (Å²) in [7, 11) is 0. The molecule has 7 heteroatoms. The normalized spacial score (nSPS) is 10.5. The lowest BCUT2D eigenvalue weighted by molar-refractivity contribution is 0.0959. The Balaban J connectivity index is 1.86. The number of nitrogens with one attached hydrogen (secondary N) is 2. The summed E-state index contributed by atoms with van der Waals surface area (Å²) in [5, 5.41) is 1.12. The number of hydrogen-bond acceptors (Lipinski definition) is 5. The molecule has 0 bridgehead atoms. The molecule has 1 amide bonds. The van der Waals surface area contributed by atoms with Crippen molar-refractivity contribution < 1.29 is 13.9 Å². The maximum atomic E-state index is 12.3. The summed E-state index contributed by atoms with van der Waals surface area (Å²) < 4.78 is 10.7. The third-order valence-electron chi connectivity index (χ3n) is 3.41. The predicted octanol–water partition coefficient (Wildman–Crippen LogP) is 3.60. The van der Waals surface area contributed by atoms with Gasteiger partial charge in [-0.25, -0.2) is 4.79 Å². The van der Waals surface area contributed by atoms with Crippen LogP contribution in [0.3, 0.4) is 0 Å². The van der Waals surface area contributed by atoms with Crippen molar-refractivity contribution in [3.05, 3.63) is 69.5 Å². The second-order valence-electron chi connectivity index (χ2n) is 5.14. The van der Waals surface area contributed by atoms with Gasteiger partial charge in [-0.05, 0) is 37.3 Å². The number of para-hydroxylation sites is 1. The summed E-state index contributed by atoms with van der Waals surface area (Å²) in [6, 6.07) is 13.5. The smallest absolute Gasteiger partial charge is 0.349 e. The van der Waals surface area contributed by atoms with Crippen molar-refractivity contribution in [3.8, 4) is 5.75 Å². The topological polar surface area (TPSA) is 80.6 Å². The second-order valence-corrected chi connectivity index (χ2v) is 5.58. The fourth-order valence-corrected chi connectivity index (χ4v) is 2.50. The number of ether oxygens (including phenoxy) is 1. The fourth-order valence-electron chi connectivity index (χ4n) is 2.31. The van der Waals surface area contributed by atoms with E-state index in [0.717, 1.165) is 0 Å². The van der Waals surface area contributed by atoms with E-state index in [1.54, 1.807) is 42.5 Å². The number of hydrogen-bond donors (Lipinski definition) is 2. The molecule has 0 saturated heterocycles. The lowest BCUT2D eigenvalue weighted by atomic mass is 10.1. The standard InChI is InChI=1S/C18H15ClN2O4/c1-2-24-15-8-3-5-11-9-14(18(23)25-16(11)15)17(22)21-20-13-7-4-6-12(19)10-13/h3-10,20H,2H2,1H3,(H,21,22). The van der Waals surface area contributed by atoms with Gasteiger partial charge in [0.1, 0.15) is 5.56 Å². The molecule has 2 N–H and O–H groups in total. The number of hydrazine groups is 1. The molecule has 6 nitrogen and oxygen atoms in total. The summed E-state index contributed by atoms with van der Waals surface area (Å²) in [5.74, 6) is -0.154. The Morgan fingerprint density at radius 1 is 1.20 bits per heavy atom. The minimum atomic E-state index is -0.745. The van der Waals surface area contributed by atoms with Crippen molar-refractivity contribution in [2.75, 3.05) is 12.0 Å². The van der Waals surface area contributed by atoms with Gasteiger partial charge in [0.05, 0.1) is 12.3 Å². The van der Waals surface area contributed by atoms with Gasteiger partial charge in [-0.15, -0.1) is 0 Å². The number of halogens is 1. The first-order valence-corrected chi connectivity index (χ1v) is 7.98. The Morgan fingerprint density at radius 2 is 2.00 bits per heavy atom. The molecule has 1 aromatic heterocycles. The third kappa shape index (κ3) is 3.75. The molecule has 128 valence electrons. The minimum Gasteiger partial charge on any atom is -0.490 e. The SMILES string of the molecule is CCOc1cccc2cc(C(=O)NNc3cccc(Cl)c3)c(=O)oc12. The quantitative estimate of drug-likeness (QED) is 0.538. The van der Waals surface area contributed by atoms with Crippen LogP contribution in [0.5, 0.6) is 5.75 Å². The van der Waals surface area contributed by atoms with Gasteiger partial charge in [0.2, 0.25) is 0 Å². The second kappa shape index (κ2) is 7.27. The molecule has 25 heavy (non-hydrogen) atoms. The highest BCUT2D eigenvalue weighted by atomic mass is 35.5. The van der Waals surface area contributed by atoms with Gasteiger partial charge in [0.15, 0.2) is 11.3 Å². The number of rotatable bonds is 5. The molecule has 0 unspecified atom stereocenters. The number of fused-ring (bicyclic) bond motifs is 1. The van der Waals surface area contributed by atoms with Crippen molar-refractivity contribution in [1.29, 1.82) is 0 Å². The van der Waals surface area contributed by atoms with E-state index < -0.39 is 11.5 Å². The monoisotopic (exact) mass is 358 g/mol. The van der Waals surface area contributed by atoms with E-state index >= 15 is 0 Å². The van der Waals surface area contributed by atoms with Crippen LogP contribution in [0.15, 0.2) is 57.7 Å². The number of amides is 1. The number of benzene rings is 2. The zero-order valence-corrected chi connectivity index (χ0v) is 14.1. The molecule has 0 saturated carbocycles. The summed E-state index contributed by atoms with van der Waals surface area (Å²) in [6.45, 7) is 2.27. The van der Waals surface area contributed by atoms with Crippen LogP contribution in [0.2, 0.25) is 5.02 Å². The van der Waals surface area contributed by atoms with E-state index in [1.807, 2.05) is 6.92 Å². The average molecular weight is 359 g/mol. The lowest BCUT2D eigenvalue weighted by Gasteiger charge is -2.09. The maximum Gasteiger partial charge on any atom is 0.349 e. The van der Waals surface area contributed by atoms with E-state index in [9.17, 15) is 9.59 Å². The van der Waals surface area contributed by atoms with Crippen molar-refractivity contribution >= 4 is 34.2 Å². The molecule has 0 aliphatic rings. The molecular weight excluding hydrogens is 344 g/mol. The molecule has 0 fully saturated rings. The zero-order chi connectivity index (χ0) is 17.8. The first-order valence-electron chi connectivity index (χ1n) is 7.60. The average Bonchev–Trinajstić information content (AvgIpc) is 2.60. The van der Waals surface area contributed by atoms with Crippen LogP contribution in [0.1, 0.15) is 17.3 Å². The molecule has 0 aliphatic heterocycles. The fraction of sp³-hybridized carbons (Fsp3) is 0.111. The Hall–Kier alpha value is -2.99. The van der Waals surface area contributed by atoms with E-state index in [2.05, 4.69) is 10.9 Å². The molecule has 0 aliphatic carbocycles. The molecule has 0 radical (unpaired) electrons. The molecule has 2 aromatic carbocycles. The van der Waals surface area contributed by atoms with Crippen LogP contribution < -0.4 is 21.2 Å². The highest BCUT2D eigenvalue weighted by Crippen LogP contribution is 2.24. The van der Waals surface area contributed by atoms with Gasteiger partial charge in [-0.1, -0.05) is 29.8 Å². The van der Waals surface area contributed by atoms with Crippen molar-refractivity contribution in [2.45, 2.75) is 6.92 Å². The first-order chi connectivity index (χ1) is 12.1. The zero-order valence-electron chi connectivity index (χ0n) is 13.3. The summed E-state index contributed by atoms with van der Waals surface area (Å²) in [6.07, 6.45) is 0. The molecule has 1 heterocycles. The van der Waals surface area contributed by atoms with Crippen LogP contribution in [0, 0.1) is 0 Å². The predicted molar refractivity (Wildman–Crippen MR) is 96.2 cm³/mol. The van der Waals surface area contributed by atoms with E-state index in [4.69, 9.17) is 20.8 Å². The van der Waals surface area contributed by atoms with Gasteiger partial charge in [-0.2, -0.15) is 0 Å². The summed E-state index contributed by atoms with van der Waals surface area (Å²) in [4.78, 5) is 24.4. The summed E-state index contributed by atoms with van der Waals surface area (Å²) in [5.41, 5.74) is 5.19. The molecule has 0 atom stereocenters. The third-order valence-corrected chi connectivity index (χ3v) is 3.65. The van der Waals surface area contributed by atoms with Crippen LogP contribution in [0.4, 0.5) is 5.69 Å². The van der Waals surface area contributed by atoms with Crippen LogP contribution >= 0.6 is 11.6 Å². The molecule has 3 rings (SSSR count). The van der Waals surface area contributed by atoms with Crippen molar-refractivity contribution in [1.82, 2.24) is 5.43 Å². The Labute approximate surface area is 148 Å². The van der Waals surface area contributed by atoms with Crippen molar-refractivity contribution in [2.24, 2.45) is 0 Å². The largest absolute Gasteiger partial charge is 0.490 e. The van der Waals surface area contributed by atoms with Crippen LogP contribution in [-0.2, 0) is 0 Å². The van der Waals surface area contributed by atoms with E-state index in [1.165, 1.54) is 6.07 Å². The van der Waals surface area contributed by atoms with Gasteiger partial charge in [0.25, 0.3) is 5.91 Å². The molecule has 0 spiro atoms. The Bertz CT molecular complexity index is 984. The van der Waals surface area contributed by atoms with Gasteiger partial charge < -0.3 is 9.15 Å². The number of carbonyl (C=O) groups excluding carboxylic acids is 1. The Morgan fingerprint density at radius 3 is 2.76 bits per heavy atom. The molecular formula is C18H15ClN2O4. The highest BCUT2D eigenvalue weighted by Gasteiger charge is 2.15. The first kappa shape index (κ1) is 16.9.